The molecule has 3 rings (SSSR count). The fourth-order valence-electron chi connectivity index (χ4n) is 3.81. The van der Waals surface area contributed by atoms with Crippen molar-refractivity contribution in [1.29, 1.82) is 0 Å². The number of para-hydroxylation sites is 1. The van der Waals surface area contributed by atoms with E-state index in [0.29, 0.717) is 23.6 Å². The monoisotopic (exact) mass is 402 g/mol. The van der Waals surface area contributed by atoms with Gasteiger partial charge in [-0.15, -0.1) is 0 Å². The van der Waals surface area contributed by atoms with Crippen molar-refractivity contribution in [3.63, 3.8) is 0 Å². The van der Waals surface area contributed by atoms with E-state index in [1.54, 1.807) is 14.0 Å². The van der Waals surface area contributed by atoms with E-state index in [2.05, 4.69) is 27.5 Å². The maximum atomic E-state index is 12.9. The van der Waals surface area contributed by atoms with Gasteiger partial charge in [-0.05, 0) is 39.5 Å². The second kappa shape index (κ2) is 9.76. The van der Waals surface area contributed by atoms with Crippen LogP contribution in [0.15, 0.2) is 35.5 Å². The maximum Gasteiger partial charge on any atom is 0.338 e. The van der Waals surface area contributed by atoms with Gasteiger partial charge in [0.05, 0.1) is 25.3 Å². The van der Waals surface area contributed by atoms with Gasteiger partial charge in [-0.25, -0.2) is 9.59 Å². The molecule has 2 heterocycles. The zero-order chi connectivity index (χ0) is 20.8. The summed E-state index contributed by atoms with van der Waals surface area (Å²) in [4.78, 5) is 29.9. The molecule has 1 fully saturated rings. The molecule has 1 aromatic carbocycles. The number of methoxy groups -OCH3 is 1. The summed E-state index contributed by atoms with van der Waals surface area (Å²) in [6.07, 6.45) is 1.04. The largest absolute Gasteiger partial charge is 0.496 e. The minimum absolute atomic E-state index is 0.261. The van der Waals surface area contributed by atoms with Crippen LogP contribution < -0.4 is 15.4 Å². The Hall–Kier alpha value is -2.58. The van der Waals surface area contributed by atoms with Crippen LogP contribution in [-0.2, 0) is 9.53 Å². The molecule has 1 saturated heterocycles. The number of ether oxygens (including phenoxy) is 2. The van der Waals surface area contributed by atoms with Gasteiger partial charge in [-0.2, -0.15) is 0 Å². The molecule has 8 heteroatoms. The number of likely N-dealkylation sites (N-methyl/N-ethyl adjacent to an activating group) is 1. The molecule has 158 valence electrons. The quantitative estimate of drug-likeness (QED) is 0.702. The average molecular weight is 402 g/mol. The average Bonchev–Trinajstić information content (AvgIpc) is 2.91. The van der Waals surface area contributed by atoms with Gasteiger partial charge in [0.2, 0.25) is 0 Å². The lowest BCUT2D eigenvalue weighted by molar-refractivity contribution is -0.139. The summed E-state index contributed by atoms with van der Waals surface area (Å²) in [7, 11) is 3.68. The molecule has 2 aliphatic heterocycles. The summed E-state index contributed by atoms with van der Waals surface area (Å²) < 4.78 is 10.8. The van der Waals surface area contributed by atoms with E-state index in [4.69, 9.17) is 9.47 Å². The molecule has 2 N–H and O–H groups in total. The van der Waals surface area contributed by atoms with Crippen molar-refractivity contribution >= 4 is 12.0 Å². The molecule has 0 spiro atoms. The predicted octanol–water partition coefficient (Wildman–Crippen LogP) is 1.50. The highest BCUT2D eigenvalue weighted by Crippen LogP contribution is 2.33. The molecule has 2 amide bonds. The predicted molar refractivity (Wildman–Crippen MR) is 110 cm³/mol. The lowest BCUT2D eigenvalue weighted by Gasteiger charge is -2.32. The maximum absolute atomic E-state index is 12.9. The number of amides is 2. The van der Waals surface area contributed by atoms with Gasteiger partial charge in [0.15, 0.2) is 0 Å². The minimum atomic E-state index is -0.636. The Morgan fingerprint density at radius 1 is 1.21 bits per heavy atom. The summed E-state index contributed by atoms with van der Waals surface area (Å²) in [6.45, 7) is 6.29. The number of rotatable bonds is 6. The third kappa shape index (κ3) is 5.07. The first-order valence-electron chi connectivity index (χ1n) is 10.0. The highest BCUT2D eigenvalue weighted by Gasteiger charge is 2.35. The molecule has 0 saturated carbocycles. The van der Waals surface area contributed by atoms with Gasteiger partial charge >= 0.3 is 12.0 Å². The van der Waals surface area contributed by atoms with Crippen LogP contribution in [-0.4, -0.2) is 75.3 Å². The van der Waals surface area contributed by atoms with Crippen molar-refractivity contribution < 1.29 is 19.1 Å². The van der Waals surface area contributed by atoms with Crippen LogP contribution in [0.5, 0.6) is 5.75 Å². The van der Waals surface area contributed by atoms with Crippen molar-refractivity contribution in [2.75, 3.05) is 53.5 Å². The Labute approximate surface area is 171 Å². The first kappa shape index (κ1) is 21.1. The number of benzene rings is 1. The van der Waals surface area contributed by atoms with Gasteiger partial charge in [-0.1, -0.05) is 18.2 Å². The Balaban J connectivity index is 1.99. The number of carbonyl (C=O) groups is 2. The second-order valence-electron chi connectivity index (χ2n) is 7.32. The SMILES string of the molecule is CCOC(=O)C1=C(CN2CCCN(C)CC2)NC(=O)N[C@H]1c1ccccc1OC. The zero-order valence-corrected chi connectivity index (χ0v) is 17.4. The molecule has 8 nitrogen and oxygen atoms in total. The topological polar surface area (TPSA) is 83.1 Å². The fourth-order valence-corrected chi connectivity index (χ4v) is 3.81. The van der Waals surface area contributed by atoms with E-state index in [-0.39, 0.29) is 12.6 Å². The van der Waals surface area contributed by atoms with Crippen molar-refractivity contribution in [3.8, 4) is 5.75 Å². The van der Waals surface area contributed by atoms with Gasteiger partial charge in [0, 0.05) is 30.9 Å². The zero-order valence-electron chi connectivity index (χ0n) is 17.4. The number of nitrogens with zero attached hydrogens (tertiary/aromatic N) is 2. The van der Waals surface area contributed by atoms with E-state index in [9.17, 15) is 9.59 Å². The normalized spacial score (nSPS) is 21.2. The summed E-state index contributed by atoms with van der Waals surface area (Å²) in [5.74, 6) is 0.176. The first-order chi connectivity index (χ1) is 14.0. The molecule has 0 aliphatic carbocycles. The van der Waals surface area contributed by atoms with Crippen LogP contribution in [0.1, 0.15) is 24.9 Å². The number of hydrogen-bond donors (Lipinski definition) is 2. The Kier molecular flexibility index (Phi) is 7.11. The molecule has 0 aromatic heterocycles. The number of carbonyl (C=O) groups excluding carboxylic acids is 2. The minimum Gasteiger partial charge on any atom is -0.496 e. The van der Waals surface area contributed by atoms with Crippen LogP contribution in [0, 0.1) is 0 Å². The second-order valence-corrected chi connectivity index (χ2v) is 7.32. The Bertz CT molecular complexity index is 780. The number of hydrogen-bond acceptors (Lipinski definition) is 6. The summed E-state index contributed by atoms with van der Waals surface area (Å²) in [6, 6.07) is 6.41. The van der Waals surface area contributed by atoms with Crippen molar-refractivity contribution in [2.45, 2.75) is 19.4 Å². The molecule has 0 bridgehead atoms. The molecule has 0 radical (unpaired) electrons. The fraction of sp³-hybridized carbons (Fsp3) is 0.524. The summed E-state index contributed by atoms with van der Waals surface area (Å²) >= 11 is 0. The lowest BCUT2D eigenvalue weighted by atomic mass is 9.94. The van der Waals surface area contributed by atoms with Crippen LogP contribution in [0.2, 0.25) is 0 Å². The molecular formula is C21H30N4O4. The van der Waals surface area contributed by atoms with Crippen LogP contribution >= 0.6 is 0 Å². The van der Waals surface area contributed by atoms with Crippen molar-refractivity contribution in [1.82, 2.24) is 20.4 Å². The molecule has 1 aromatic rings. The number of esters is 1. The van der Waals surface area contributed by atoms with Gasteiger partial charge in [0.25, 0.3) is 0 Å². The van der Waals surface area contributed by atoms with E-state index in [1.807, 2.05) is 24.3 Å². The summed E-state index contributed by atoms with van der Waals surface area (Å²) in [5.41, 5.74) is 1.74. The number of nitrogens with one attached hydrogen (secondary N) is 2. The molecular weight excluding hydrogens is 372 g/mol. The Morgan fingerprint density at radius 3 is 2.76 bits per heavy atom. The highest BCUT2D eigenvalue weighted by atomic mass is 16.5. The summed E-state index contributed by atoms with van der Waals surface area (Å²) in [5, 5.41) is 5.72. The lowest BCUT2D eigenvalue weighted by Crippen LogP contribution is -2.48. The van der Waals surface area contributed by atoms with E-state index in [1.165, 1.54) is 0 Å². The molecule has 2 aliphatic rings. The number of urea groups is 1. The van der Waals surface area contributed by atoms with Crippen molar-refractivity contribution in [3.05, 3.63) is 41.1 Å². The molecule has 0 unspecified atom stereocenters. The van der Waals surface area contributed by atoms with Crippen LogP contribution in [0.3, 0.4) is 0 Å². The Morgan fingerprint density at radius 2 is 2.00 bits per heavy atom. The van der Waals surface area contributed by atoms with E-state index < -0.39 is 12.0 Å². The standard InChI is InChI=1S/C21H30N4O4/c1-4-29-20(26)18-16(14-25-11-7-10-24(2)12-13-25)22-21(27)23-19(18)15-8-5-6-9-17(15)28-3/h5-6,8-9,19H,4,7,10-14H2,1-3H3,(H2,22,23,27)/t19-/m0/s1. The smallest absolute Gasteiger partial charge is 0.338 e. The first-order valence-corrected chi connectivity index (χ1v) is 10.0. The van der Waals surface area contributed by atoms with Crippen molar-refractivity contribution in [2.24, 2.45) is 0 Å². The third-order valence-corrected chi connectivity index (χ3v) is 5.29. The van der Waals surface area contributed by atoms with E-state index in [0.717, 1.165) is 38.2 Å². The van der Waals surface area contributed by atoms with E-state index >= 15 is 0 Å². The molecule has 1 atom stereocenters. The van der Waals surface area contributed by atoms with Crippen LogP contribution in [0.4, 0.5) is 4.79 Å². The highest BCUT2D eigenvalue weighted by molar-refractivity contribution is 5.95. The van der Waals surface area contributed by atoms with Crippen LogP contribution in [0.25, 0.3) is 0 Å². The molecule has 29 heavy (non-hydrogen) atoms. The third-order valence-electron chi connectivity index (χ3n) is 5.29. The van der Waals surface area contributed by atoms with Gasteiger partial charge in [-0.3, -0.25) is 4.90 Å². The van der Waals surface area contributed by atoms with Gasteiger partial charge in [0.1, 0.15) is 5.75 Å². The van der Waals surface area contributed by atoms with Gasteiger partial charge < -0.3 is 25.0 Å².